The molecule has 1 N–H and O–H groups in total. The van der Waals surface area contributed by atoms with Crippen LogP contribution in [0, 0.1) is 0 Å². The number of ether oxygens (including phenoxy) is 3. The first kappa shape index (κ1) is 27.8. The van der Waals surface area contributed by atoms with Crippen LogP contribution < -0.4 is 23.8 Å². The standard InChI is InChI=1S/C28H31BrN2O6S/c1-5-36-21-10-8-20(9-11-21)31(38(33,34)23-13-6-19(29)7-14-23)18-27(32)30-25-17-28(2,3)37-26-16-22(35-4)12-15-24(25)26/h6-16,25H,5,17-18H2,1-4H3,(H,30,32). The summed E-state index contributed by atoms with van der Waals surface area (Å²) in [6.07, 6.45) is 0.514. The van der Waals surface area contributed by atoms with Crippen molar-refractivity contribution < 1.29 is 27.4 Å². The maximum absolute atomic E-state index is 13.7. The smallest absolute Gasteiger partial charge is 0.264 e. The van der Waals surface area contributed by atoms with Gasteiger partial charge in [0.05, 0.1) is 30.3 Å². The van der Waals surface area contributed by atoms with Crippen molar-refractivity contribution in [2.45, 2.75) is 43.7 Å². The summed E-state index contributed by atoms with van der Waals surface area (Å²) in [7, 11) is -2.47. The van der Waals surface area contributed by atoms with E-state index in [-0.39, 0.29) is 10.9 Å². The summed E-state index contributed by atoms with van der Waals surface area (Å²) in [5, 5.41) is 3.03. The van der Waals surface area contributed by atoms with Gasteiger partial charge < -0.3 is 19.5 Å². The highest BCUT2D eigenvalue weighted by Crippen LogP contribution is 2.41. The first-order chi connectivity index (χ1) is 18.0. The van der Waals surface area contributed by atoms with Gasteiger partial charge in [0, 0.05) is 22.5 Å². The van der Waals surface area contributed by atoms with Crippen LogP contribution in [0.1, 0.15) is 38.8 Å². The first-order valence-corrected chi connectivity index (χ1v) is 14.4. The van der Waals surface area contributed by atoms with Crippen molar-refractivity contribution in [3.05, 3.63) is 76.8 Å². The zero-order chi connectivity index (χ0) is 27.5. The summed E-state index contributed by atoms with van der Waals surface area (Å²) in [6, 6.07) is 18.0. The molecule has 3 aromatic rings. The molecule has 0 saturated heterocycles. The molecule has 0 radical (unpaired) electrons. The van der Waals surface area contributed by atoms with Gasteiger partial charge in [0.25, 0.3) is 10.0 Å². The molecule has 1 unspecified atom stereocenters. The van der Waals surface area contributed by atoms with E-state index in [1.165, 1.54) is 12.1 Å². The van der Waals surface area contributed by atoms with Crippen LogP contribution in [0.25, 0.3) is 0 Å². The van der Waals surface area contributed by atoms with Crippen molar-refractivity contribution in [3.63, 3.8) is 0 Å². The average Bonchev–Trinajstić information content (AvgIpc) is 2.87. The number of nitrogens with zero attached hydrogens (tertiary/aromatic N) is 1. The van der Waals surface area contributed by atoms with Crippen LogP contribution >= 0.6 is 15.9 Å². The van der Waals surface area contributed by atoms with Crippen molar-refractivity contribution in [1.29, 1.82) is 0 Å². The Kier molecular flexibility index (Phi) is 8.22. The fourth-order valence-corrected chi connectivity index (χ4v) is 6.07. The van der Waals surface area contributed by atoms with E-state index in [1.54, 1.807) is 49.6 Å². The van der Waals surface area contributed by atoms with Gasteiger partial charge in [-0.1, -0.05) is 15.9 Å². The van der Waals surface area contributed by atoms with Crippen LogP contribution in [0.15, 0.2) is 76.1 Å². The Bertz CT molecular complexity index is 1390. The van der Waals surface area contributed by atoms with E-state index in [2.05, 4.69) is 21.2 Å². The summed E-state index contributed by atoms with van der Waals surface area (Å²) >= 11 is 3.34. The largest absolute Gasteiger partial charge is 0.497 e. The van der Waals surface area contributed by atoms with E-state index < -0.39 is 28.1 Å². The van der Waals surface area contributed by atoms with Crippen LogP contribution in [0.5, 0.6) is 17.2 Å². The second kappa shape index (κ2) is 11.2. The lowest BCUT2D eigenvalue weighted by atomic mass is 9.89. The molecule has 0 saturated carbocycles. The van der Waals surface area contributed by atoms with Crippen LogP contribution in [0.4, 0.5) is 5.69 Å². The van der Waals surface area contributed by atoms with Crippen molar-refractivity contribution in [2.24, 2.45) is 0 Å². The van der Waals surface area contributed by atoms with Gasteiger partial charge in [-0.15, -0.1) is 0 Å². The predicted molar refractivity (Wildman–Crippen MR) is 149 cm³/mol. The molecule has 38 heavy (non-hydrogen) atoms. The third-order valence-electron chi connectivity index (χ3n) is 6.14. The summed E-state index contributed by atoms with van der Waals surface area (Å²) < 4.78 is 46.3. The summed E-state index contributed by atoms with van der Waals surface area (Å²) in [5.41, 5.74) is 0.612. The summed E-state index contributed by atoms with van der Waals surface area (Å²) in [6.45, 7) is 5.83. The van der Waals surface area contributed by atoms with Gasteiger partial charge in [0.15, 0.2) is 0 Å². The zero-order valence-corrected chi connectivity index (χ0v) is 24.1. The number of nitrogens with one attached hydrogen (secondary N) is 1. The number of anilines is 1. The molecular formula is C28H31BrN2O6S. The highest BCUT2D eigenvalue weighted by atomic mass is 79.9. The Morgan fingerprint density at radius 3 is 2.37 bits per heavy atom. The molecule has 3 aromatic carbocycles. The second-order valence-electron chi connectivity index (χ2n) is 9.48. The normalized spacial score (nSPS) is 16.1. The minimum atomic E-state index is -4.05. The number of fused-ring (bicyclic) bond motifs is 1. The van der Waals surface area contributed by atoms with E-state index >= 15 is 0 Å². The Balaban J connectivity index is 1.64. The molecule has 0 aliphatic carbocycles. The van der Waals surface area contributed by atoms with Gasteiger partial charge >= 0.3 is 0 Å². The summed E-state index contributed by atoms with van der Waals surface area (Å²) in [5.74, 6) is 1.44. The first-order valence-electron chi connectivity index (χ1n) is 12.2. The third kappa shape index (κ3) is 6.24. The third-order valence-corrected chi connectivity index (χ3v) is 8.45. The topological polar surface area (TPSA) is 94.2 Å². The quantitative estimate of drug-likeness (QED) is 0.349. The zero-order valence-electron chi connectivity index (χ0n) is 21.7. The molecule has 1 aliphatic heterocycles. The molecule has 4 rings (SSSR count). The maximum atomic E-state index is 13.7. The van der Waals surface area contributed by atoms with Gasteiger partial charge in [-0.05, 0) is 81.4 Å². The molecule has 0 bridgehead atoms. The minimum absolute atomic E-state index is 0.0759. The van der Waals surface area contributed by atoms with E-state index in [0.717, 1.165) is 14.3 Å². The highest BCUT2D eigenvalue weighted by Gasteiger charge is 2.36. The maximum Gasteiger partial charge on any atom is 0.264 e. The van der Waals surface area contributed by atoms with Gasteiger partial charge in [-0.25, -0.2) is 8.42 Å². The van der Waals surface area contributed by atoms with E-state index in [0.29, 0.717) is 36.0 Å². The van der Waals surface area contributed by atoms with Crippen LogP contribution in [0.3, 0.4) is 0 Å². The number of methoxy groups -OCH3 is 1. The van der Waals surface area contributed by atoms with Crippen LogP contribution in [-0.2, 0) is 14.8 Å². The molecule has 0 fully saturated rings. The monoisotopic (exact) mass is 602 g/mol. The van der Waals surface area contributed by atoms with E-state index in [9.17, 15) is 13.2 Å². The summed E-state index contributed by atoms with van der Waals surface area (Å²) in [4.78, 5) is 13.5. The highest BCUT2D eigenvalue weighted by molar-refractivity contribution is 9.10. The Labute approximate surface area is 232 Å². The molecular weight excluding hydrogens is 572 g/mol. The fraction of sp³-hybridized carbons (Fsp3) is 0.321. The number of amides is 1. The van der Waals surface area contributed by atoms with E-state index in [1.807, 2.05) is 32.9 Å². The van der Waals surface area contributed by atoms with Gasteiger partial charge in [0.1, 0.15) is 29.4 Å². The SMILES string of the molecule is CCOc1ccc(N(CC(=O)NC2CC(C)(C)Oc3cc(OC)ccc32)S(=O)(=O)c2ccc(Br)cc2)cc1. The average molecular weight is 604 g/mol. The molecule has 10 heteroatoms. The van der Waals surface area contributed by atoms with Crippen molar-refractivity contribution in [1.82, 2.24) is 5.32 Å². The van der Waals surface area contributed by atoms with Crippen LogP contribution in [0.2, 0.25) is 0 Å². The number of rotatable bonds is 9. The molecule has 1 aliphatic rings. The number of sulfonamides is 1. The number of benzene rings is 3. The molecule has 0 aromatic heterocycles. The number of carbonyl (C=O) groups excluding carboxylic acids is 1. The molecule has 1 atom stereocenters. The second-order valence-corrected chi connectivity index (χ2v) is 12.3. The number of hydrogen-bond acceptors (Lipinski definition) is 6. The van der Waals surface area contributed by atoms with Gasteiger partial charge in [-0.2, -0.15) is 0 Å². The molecule has 202 valence electrons. The van der Waals surface area contributed by atoms with Crippen LogP contribution in [-0.4, -0.2) is 40.2 Å². The van der Waals surface area contributed by atoms with Crippen molar-refractivity contribution in [2.75, 3.05) is 24.6 Å². The number of carbonyl (C=O) groups is 1. The Hall–Kier alpha value is -3.24. The fourth-order valence-electron chi connectivity index (χ4n) is 4.38. The Morgan fingerprint density at radius 2 is 1.74 bits per heavy atom. The molecule has 0 spiro atoms. The van der Waals surface area contributed by atoms with Crippen molar-refractivity contribution in [3.8, 4) is 17.2 Å². The Morgan fingerprint density at radius 1 is 1.08 bits per heavy atom. The predicted octanol–water partition coefficient (Wildman–Crippen LogP) is 5.47. The van der Waals surface area contributed by atoms with Gasteiger partial charge in [0.2, 0.25) is 5.91 Å². The van der Waals surface area contributed by atoms with Crippen molar-refractivity contribution >= 4 is 37.5 Å². The molecule has 1 heterocycles. The number of hydrogen-bond donors (Lipinski definition) is 1. The lowest BCUT2D eigenvalue weighted by Crippen LogP contribution is -2.45. The number of halogens is 1. The lowest BCUT2D eigenvalue weighted by Gasteiger charge is -2.38. The lowest BCUT2D eigenvalue weighted by molar-refractivity contribution is -0.120. The minimum Gasteiger partial charge on any atom is -0.497 e. The van der Waals surface area contributed by atoms with E-state index in [4.69, 9.17) is 14.2 Å². The molecule has 1 amide bonds. The molecule has 8 nitrogen and oxygen atoms in total. The van der Waals surface area contributed by atoms with Gasteiger partial charge in [-0.3, -0.25) is 9.10 Å².